The maximum atomic E-state index is 11.9. The topological polar surface area (TPSA) is 66.4 Å². The lowest BCUT2D eigenvalue weighted by Crippen LogP contribution is -2.40. The summed E-state index contributed by atoms with van der Waals surface area (Å²) in [6.07, 6.45) is 2.05. The molecule has 0 unspecified atom stereocenters. The summed E-state index contributed by atoms with van der Waals surface area (Å²) in [5.41, 5.74) is 0.343. The molecule has 0 heterocycles. The second-order valence-corrected chi connectivity index (χ2v) is 5.40. The SMILES string of the molecule is CCCC[C@H](NC(=O)c1ccc(Br)c(Cl)c1)C(=O)O. The number of benzene rings is 1. The lowest BCUT2D eigenvalue weighted by atomic mass is 10.1. The van der Waals surface area contributed by atoms with Crippen molar-refractivity contribution >= 4 is 39.4 Å². The van der Waals surface area contributed by atoms with E-state index < -0.39 is 17.9 Å². The highest BCUT2D eigenvalue weighted by atomic mass is 79.9. The summed E-state index contributed by atoms with van der Waals surface area (Å²) in [5.74, 6) is -1.46. The van der Waals surface area contributed by atoms with Gasteiger partial charge in [-0.25, -0.2) is 4.79 Å². The van der Waals surface area contributed by atoms with Crippen LogP contribution in [-0.4, -0.2) is 23.0 Å². The van der Waals surface area contributed by atoms with Crippen LogP contribution in [0, 0.1) is 0 Å². The van der Waals surface area contributed by atoms with Crippen molar-refractivity contribution in [2.45, 2.75) is 32.2 Å². The quantitative estimate of drug-likeness (QED) is 0.827. The van der Waals surface area contributed by atoms with Gasteiger partial charge >= 0.3 is 5.97 Å². The summed E-state index contributed by atoms with van der Waals surface area (Å²) in [6.45, 7) is 1.97. The van der Waals surface area contributed by atoms with E-state index in [1.54, 1.807) is 12.1 Å². The van der Waals surface area contributed by atoms with Crippen LogP contribution in [0.2, 0.25) is 5.02 Å². The third kappa shape index (κ3) is 4.84. The van der Waals surface area contributed by atoms with Gasteiger partial charge in [-0.3, -0.25) is 4.79 Å². The maximum absolute atomic E-state index is 11.9. The zero-order valence-electron chi connectivity index (χ0n) is 10.5. The van der Waals surface area contributed by atoms with E-state index in [1.807, 2.05) is 6.92 Å². The molecule has 104 valence electrons. The Hall–Kier alpha value is -1.07. The van der Waals surface area contributed by atoms with Crippen LogP contribution in [0.25, 0.3) is 0 Å². The number of nitrogens with one attached hydrogen (secondary N) is 1. The molecule has 0 aliphatic carbocycles. The molecule has 1 aromatic carbocycles. The number of carbonyl (C=O) groups is 2. The molecule has 19 heavy (non-hydrogen) atoms. The first-order chi connectivity index (χ1) is 8.95. The highest BCUT2D eigenvalue weighted by Crippen LogP contribution is 2.23. The largest absolute Gasteiger partial charge is 0.480 e. The van der Waals surface area contributed by atoms with Crippen molar-refractivity contribution in [3.63, 3.8) is 0 Å². The fourth-order valence-corrected chi connectivity index (χ4v) is 1.97. The minimum Gasteiger partial charge on any atom is -0.480 e. The molecular weight excluding hydrogens is 334 g/mol. The van der Waals surface area contributed by atoms with Crippen LogP contribution in [0.5, 0.6) is 0 Å². The second kappa shape index (κ2) is 7.50. The van der Waals surface area contributed by atoms with E-state index in [1.165, 1.54) is 6.07 Å². The van der Waals surface area contributed by atoms with Gasteiger partial charge in [0, 0.05) is 10.0 Å². The van der Waals surface area contributed by atoms with Crippen LogP contribution in [-0.2, 0) is 4.79 Å². The van der Waals surface area contributed by atoms with E-state index in [0.717, 1.165) is 12.8 Å². The van der Waals surface area contributed by atoms with Crippen LogP contribution >= 0.6 is 27.5 Å². The summed E-state index contributed by atoms with van der Waals surface area (Å²) in [6, 6.07) is 3.87. The molecule has 0 aliphatic heterocycles. The minimum absolute atomic E-state index is 0.343. The lowest BCUT2D eigenvalue weighted by Gasteiger charge is -2.14. The van der Waals surface area contributed by atoms with Crippen LogP contribution < -0.4 is 5.32 Å². The Balaban J connectivity index is 2.75. The summed E-state index contributed by atoms with van der Waals surface area (Å²) >= 11 is 9.13. The van der Waals surface area contributed by atoms with Crippen molar-refractivity contribution in [2.24, 2.45) is 0 Å². The van der Waals surface area contributed by atoms with Gasteiger partial charge in [0.1, 0.15) is 6.04 Å². The number of carboxylic acid groups (broad SMARTS) is 1. The average molecular weight is 349 g/mol. The summed E-state index contributed by atoms with van der Waals surface area (Å²) in [4.78, 5) is 23.0. The maximum Gasteiger partial charge on any atom is 0.326 e. The molecule has 1 amide bonds. The number of carbonyl (C=O) groups excluding carboxylic acids is 1. The minimum atomic E-state index is -1.02. The van der Waals surface area contributed by atoms with Gasteiger partial charge in [0.25, 0.3) is 5.91 Å². The average Bonchev–Trinajstić information content (AvgIpc) is 2.37. The Kier molecular flexibility index (Phi) is 6.31. The molecule has 4 nitrogen and oxygen atoms in total. The van der Waals surface area contributed by atoms with Crippen LogP contribution in [0.4, 0.5) is 0 Å². The Morgan fingerprint density at radius 3 is 2.68 bits per heavy atom. The van der Waals surface area contributed by atoms with E-state index in [2.05, 4.69) is 21.2 Å². The predicted molar refractivity (Wildman–Crippen MR) is 77.6 cm³/mol. The molecule has 1 aromatic rings. The normalized spacial score (nSPS) is 11.9. The highest BCUT2D eigenvalue weighted by Gasteiger charge is 2.20. The number of halogens is 2. The van der Waals surface area contributed by atoms with Crippen molar-refractivity contribution in [2.75, 3.05) is 0 Å². The number of amides is 1. The highest BCUT2D eigenvalue weighted by molar-refractivity contribution is 9.10. The Morgan fingerprint density at radius 1 is 1.47 bits per heavy atom. The van der Waals surface area contributed by atoms with Crippen molar-refractivity contribution in [3.05, 3.63) is 33.3 Å². The van der Waals surface area contributed by atoms with Crippen LogP contribution in [0.1, 0.15) is 36.5 Å². The Morgan fingerprint density at radius 2 is 2.16 bits per heavy atom. The fraction of sp³-hybridized carbons (Fsp3) is 0.385. The Bertz CT molecular complexity index is 479. The molecule has 0 aromatic heterocycles. The summed E-state index contributed by atoms with van der Waals surface area (Å²) in [7, 11) is 0. The number of unbranched alkanes of at least 4 members (excludes halogenated alkanes) is 1. The zero-order chi connectivity index (χ0) is 14.4. The molecular formula is C13H15BrClNO3. The number of carboxylic acids is 1. The third-order valence-electron chi connectivity index (χ3n) is 2.63. The van der Waals surface area contributed by atoms with Gasteiger partial charge in [0.05, 0.1) is 5.02 Å². The fourth-order valence-electron chi connectivity index (χ4n) is 1.54. The lowest BCUT2D eigenvalue weighted by molar-refractivity contribution is -0.139. The Labute approximate surface area is 125 Å². The van der Waals surface area contributed by atoms with Crippen molar-refractivity contribution in [3.8, 4) is 0 Å². The van der Waals surface area contributed by atoms with Crippen molar-refractivity contribution < 1.29 is 14.7 Å². The first-order valence-electron chi connectivity index (χ1n) is 5.94. The standard InChI is InChI=1S/C13H15BrClNO3/c1-2-3-4-11(13(18)19)16-12(17)8-5-6-9(14)10(15)7-8/h5-7,11H,2-4H2,1H3,(H,16,17)(H,18,19)/t11-/m0/s1. The van der Waals surface area contributed by atoms with E-state index in [-0.39, 0.29) is 0 Å². The number of rotatable bonds is 6. The van der Waals surface area contributed by atoms with Gasteiger partial charge in [-0.15, -0.1) is 0 Å². The molecule has 2 N–H and O–H groups in total. The van der Waals surface area contributed by atoms with Gasteiger partial charge in [0.15, 0.2) is 0 Å². The molecule has 0 bridgehead atoms. The zero-order valence-corrected chi connectivity index (χ0v) is 12.8. The number of aliphatic carboxylic acids is 1. The molecule has 0 radical (unpaired) electrons. The second-order valence-electron chi connectivity index (χ2n) is 4.14. The summed E-state index contributed by atoms with van der Waals surface area (Å²) < 4.78 is 0.687. The van der Waals surface area contributed by atoms with Crippen LogP contribution in [0.3, 0.4) is 0 Å². The molecule has 0 fully saturated rings. The predicted octanol–water partition coefficient (Wildman–Crippen LogP) is 3.48. The molecule has 1 rings (SSSR count). The first kappa shape index (κ1) is 16.0. The molecule has 1 atom stereocenters. The molecule has 6 heteroatoms. The molecule has 0 saturated carbocycles. The van der Waals surface area contributed by atoms with Gasteiger partial charge < -0.3 is 10.4 Å². The monoisotopic (exact) mass is 347 g/mol. The smallest absolute Gasteiger partial charge is 0.326 e. The summed E-state index contributed by atoms with van der Waals surface area (Å²) in [5, 5.41) is 12.0. The van der Waals surface area contributed by atoms with Gasteiger partial charge in [-0.1, -0.05) is 31.4 Å². The van der Waals surface area contributed by atoms with Crippen molar-refractivity contribution in [1.82, 2.24) is 5.32 Å². The first-order valence-corrected chi connectivity index (χ1v) is 7.11. The van der Waals surface area contributed by atoms with Crippen molar-refractivity contribution in [1.29, 1.82) is 0 Å². The van der Waals surface area contributed by atoms with E-state index in [0.29, 0.717) is 21.5 Å². The molecule has 0 spiro atoms. The third-order valence-corrected chi connectivity index (χ3v) is 3.86. The number of hydrogen-bond acceptors (Lipinski definition) is 2. The van der Waals surface area contributed by atoms with Gasteiger partial charge in [0.2, 0.25) is 0 Å². The molecule has 0 aliphatic rings. The van der Waals surface area contributed by atoms with E-state index >= 15 is 0 Å². The van der Waals surface area contributed by atoms with Gasteiger partial charge in [-0.05, 0) is 40.5 Å². The van der Waals surface area contributed by atoms with Crippen LogP contribution in [0.15, 0.2) is 22.7 Å². The molecule has 0 saturated heterocycles. The number of hydrogen-bond donors (Lipinski definition) is 2. The van der Waals surface area contributed by atoms with Gasteiger partial charge in [-0.2, -0.15) is 0 Å². The van der Waals surface area contributed by atoms with E-state index in [4.69, 9.17) is 16.7 Å². The van der Waals surface area contributed by atoms with E-state index in [9.17, 15) is 9.59 Å².